The maximum atomic E-state index is 4.21. The smallest absolute Gasteiger partial charge is 0.0542 e. The predicted octanol–water partition coefficient (Wildman–Crippen LogP) is 3.25. The zero-order valence-electron chi connectivity index (χ0n) is 10.2. The largest absolute Gasteiger partial charge is 0.303 e. The number of hydrogen-bond donors (Lipinski definition) is 0. The topological polar surface area (TPSA) is 15.6 Å². The van der Waals surface area contributed by atoms with Crippen LogP contribution in [0, 0.1) is 0 Å². The number of hydrogen-bond acceptors (Lipinski definition) is 2. The van der Waals surface area contributed by atoms with Gasteiger partial charge in [0.15, 0.2) is 0 Å². The van der Waals surface area contributed by atoms with Gasteiger partial charge in [0, 0.05) is 14.1 Å². The maximum absolute atomic E-state index is 4.21. The van der Waals surface area contributed by atoms with Gasteiger partial charge >= 0.3 is 0 Å². The summed E-state index contributed by atoms with van der Waals surface area (Å²) in [7, 11) is 3.82. The predicted molar refractivity (Wildman–Crippen MR) is 73.2 cm³/mol. The summed E-state index contributed by atoms with van der Waals surface area (Å²) in [4.78, 5) is 0. The van der Waals surface area contributed by atoms with Gasteiger partial charge in [-0.2, -0.15) is 5.10 Å². The highest BCUT2D eigenvalue weighted by atomic mass is 15.4. The Balaban J connectivity index is 2.19. The molecule has 0 heterocycles. The highest BCUT2D eigenvalue weighted by molar-refractivity contribution is 5.80. The standard InChI is InChI=1S/C15H16N2/c1-17(2)16-12-13-8-10-15(11-9-13)14-6-4-3-5-7-14/h3-12H,1-2H3. The lowest BCUT2D eigenvalue weighted by Crippen LogP contribution is -2.01. The molecule has 0 saturated carbocycles. The Hall–Kier alpha value is -2.09. The Morgan fingerprint density at radius 1 is 0.824 bits per heavy atom. The molecule has 0 saturated heterocycles. The summed E-state index contributed by atoms with van der Waals surface area (Å²) < 4.78 is 0. The zero-order valence-corrected chi connectivity index (χ0v) is 10.2. The normalized spacial score (nSPS) is 10.7. The fourth-order valence-electron chi connectivity index (χ4n) is 1.57. The van der Waals surface area contributed by atoms with Crippen molar-refractivity contribution in [2.45, 2.75) is 0 Å². The average Bonchev–Trinajstić information content (AvgIpc) is 2.38. The van der Waals surface area contributed by atoms with Crippen molar-refractivity contribution in [2.24, 2.45) is 5.10 Å². The number of hydrazone groups is 1. The van der Waals surface area contributed by atoms with Crippen LogP contribution in [-0.4, -0.2) is 25.3 Å². The molecule has 2 heteroatoms. The van der Waals surface area contributed by atoms with E-state index in [0.29, 0.717) is 0 Å². The van der Waals surface area contributed by atoms with Crippen molar-refractivity contribution in [3.8, 4) is 11.1 Å². The van der Waals surface area contributed by atoms with Gasteiger partial charge < -0.3 is 5.01 Å². The van der Waals surface area contributed by atoms with Crippen LogP contribution in [0.25, 0.3) is 11.1 Å². The minimum Gasteiger partial charge on any atom is -0.303 e. The molecule has 0 aromatic heterocycles. The first kappa shape index (κ1) is 11.4. The molecule has 0 unspecified atom stereocenters. The second-order valence-corrected chi connectivity index (χ2v) is 4.08. The zero-order chi connectivity index (χ0) is 12.1. The molecule has 0 atom stereocenters. The van der Waals surface area contributed by atoms with Gasteiger partial charge in [-0.25, -0.2) is 0 Å². The van der Waals surface area contributed by atoms with E-state index in [1.807, 2.05) is 26.4 Å². The third-order valence-corrected chi connectivity index (χ3v) is 2.46. The summed E-state index contributed by atoms with van der Waals surface area (Å²) in [6, 6.07) is 18.8. The SMILES string of the molecule is CN(C)N=Cc1ccc(-c2ccccc2)cc1. The van der Waals surface area contributed by atoms with Crippen LogP contribution in [0.15, 0.2) is 59.7 Å². The van der Waals surface area contributed by atoms with Gasteiger partial charge in [-0.3, -0.25) is 0 Å². The van der Waals surface area contributed by atoms with Crippen molar-refractivity contribution in [1.29, 1.82) is 0 Å². The van der Waals surface area contributed by atoms with Crippen molar-refractivity contribution < 1.29 is 0 Å². The number of rotatable bonds is 3. The van der Waals surface area contributed by atoms with Crippen LogP contribution < -0.4 is 0 Å². The van der Waals surface area contributed by atoms with E-state index < -0.39 is 0 Å². The van der Waals surface area contributed by atoms with E-state index in [9.17, 15) is 0 Å². The monoisotopic (exact) mass is 224 g/mol. The fourth-order valence-corrected chi connectivity index (χ4v) is 1.57. The molecule has 17 heavy (non-hydrogen) atoms. The Bertz CT molecular complexity index is 484. The lowest BCUT2D eigenvalue weighted by Gasteiger charge is -2.04. The minimum absolute atomic E-state index is 1.11. The van der Waals surface area contributed by atoms with Gasteiger partial charge in [0.2, 0.25) is 0 Å². The molecule has 2 rings (SSSR count). The van der Waals surface area contributed by atoms with Crippen molar-refractivity contribution in [2.75, 3.05) is 14.1 Å². The van der Waals surface area contributed by atoms with E-state index in [1.165, 1.54) is 11.1 Å². The molecule has 0 amide bonds. The van der Waals surface area contributed by atoms with Crippen LogP contribution in [0.2, 0.25) is 0 Å². The highest BCUT2D eigenvalue weighted by Crippen LogP contribution is 2.18. The van der Waals surface area contributed by atoms with Crippen LogP contribution in [-0.2, 0) is 0 Å². The second kappa shape index (κ2) is 5.30. The molecule has 0 aliphatic rings. The summed E-state index contributed by atoms with van der Waals surface area (Å²) in [5, 5.41) is 5.99. The highest BCUT2D eigenvalue weighted by Gasteiger charge is 1.95. The minimum atomic E-state index is 1.11. The van der Waals surface area contributed by atoms with Crippen LogP contribution in [0.3, 0.4) is 0 Å². The van der Waals surface area contributed by atoms with Crippen molar-refractivity contribution in [3.63, 3.8) is 0 Å². The summed E-state index contributed by atoms with van der Waals surface area (Å²) >= 11 is 0. The van der Waals surface area contributed by atoms with Crippen molar-refractivity contribution >= 4 is 6.21 Å². The molecule has 86 valence electrons. The van der Waals surface area contributed by atoms with E-state index in [0.717, 1.165) is 5.56 Å². The number of nitrogens with zero attached hydrogens (tertiary/aromatic N) is 2. The van der Waals surface area contributed by atoms with Gasteiger partial charge in [0.25, 0.3) is 0 Å². The van der Waals surface area contributed by atoms with Gasteiger partial charge in [-0.05, 0) is 16.7 Å². The lowest BCUT2D eigenvalue weighted by molar-refractivity contribution is 0.440. The second-order valence-electron chi connectivity index (χ2n) is 4.08. The van der Waals surface area contributed by atoms with E-state index in [4.69, 9.17) is 0 Å². The molecule has 2 nitrogen and oxygen atoms in total. The summed E-state index contributed by atoms with van der Waals surface area (Å²) in [5.74, 6) is 0. The van der Waals surface area contributed by atoms with Crippen LogP contribution >= 0.6 is 0 Å². The van der Waals surface area contributed by atoms with Gasteiger partial charge in [0.05, 0.1) is 6.21 Å². The lowest BCUT2D eigenvalue weighted by atomic mass is 10.0. The molecule has 0 bridgehead atoms. The molecule has 0 N–H and O–H groups in total. The van der Waals surface area contributed by atoms with Crippen molar-refractivity contribution in [1.82, 2.24) is 5.01 Å². The van der Waals surface area contributed by atoms with Gasteiger partial charge in [0.1, 0.15) is 0 Å². The third kappa shape index (κ3) is 3.18. The van der Waals surface area contributed by atoms with E-state index in [-0.39, 0.29) is 0 Å². The Kier molecular flexibility index (Phi) is 3.55. The molecule has 0 radical (unpaired) electrons. The quantitative estimate of drug-likeness (QED) is 0.577. The summed E-state index contributed by atoms with van der Waals surface area (Å²) in [5.41, 5.74) is 3.58. The maximum Gasteiger partial charge on any atom is 0.0542 e. The third-order valence-electron chi connectivity index (χ3n) is 2.46. The Morgan fingerprint density at radius 2 is 1.41 bits per heavy atom. The molecule has 0 aliphatic heterocycles. The van der Waals surface area contributed by atoms with E-state index >= 15 is 0 Å². The molecular formula is C15H16N2. The molecule has 0 fully saturated rings. The van der Waals surface area contributed by atoms with E-state index in [1.54, 1.807) is 5.01 Å². The van der Waals surface area contributed by atoms with Crippen LogP contribution in [0.1, 0.15) is 5.56 Å². The molecule has 0 spiro atoms. The molecule has 0 aliphatic carbocycles. The van der Waals surface area contributed by atoms with Crippen LogP contribution in [0.5, 0.6) is 0 Å². The van der Waals surface area contributed by atoms with Gasteiger partial charge in [-0.1, -0.05) is 54.6 Å². The fraction of sp³-hybridized carbons (Fsp3) is 0.133. The summed E-state index contributed by atoms with van der Waals surface area (Å²) in [6.45, 7) is 0. The average molecular weight is 224 g/mol. The number of benzene rings is 2. The molecule has 2 aromatic carbocycles. The Morgan fingerprint density at radius 3 is 2.00 bits per heavy atom. The molecular weight excluding hydrogens is 208 g/mol. The Labute approximate surface area is 102 Å². The first-order valence-corrected chi connectivity index (χ1v) is 5.62. The van der Waals surface area contributed by atoms with Crippen molar-refractivity contribution in [3.05, 3.63) is 60.2 Å². The van der Waals surface area contributed by atoms with E-state index in [2.05, 4.69) is 53.6 Å². The molecule has 2 aromatic rings. The first-order chi connectivity index (χ1) is 8.25. The first-order valence-electron chi connectivity index (χ1n) is 5.62. The van der Waals surface area contributed by atoms with Crippen LogP contribution in [0.4, 0.5) is 0 Å². The summed E-state index contributed by atoms with van der Waals surface area (Å²) in [6.07, 6.45) is 1.86. The van der Waals surface area contributed by atoms with Gasteiger partial charge in [-0.15, -0.1) is 0 Å².